The molecule has 3 aromatic rings. The molecule has 0 atom stereocenters. The summed E-state index contributed by atoms with van der Waals surface area (Å²) in [6.45, 7) is 1.56. The molecule has 0 saturated heterocycles. The van der Waals surface area contributed by atoms with Gasteiger partial charge in [-0.25, -0.2) is 8.42 Å². The summed E-state index contributed by atoms with van der Waals surface area (Å²) in [6, 6.07) is 11.5. The van der Waals surface area contributed by atoms with Crippen molar-refractivity contribution in [1.82, 2.24) is 19.1 Å². The van der Waals surface area contributed by atoms with Gasteiger partial charge in [-0.15, -0.1) is 0 Å². The van der Waals surface area contributed by atoms with Gasteiger partial charge in [-0.1, -0.05) is 6.07 Å². The Morgan fingerprint density at radius 1 is 0.964 bits per heavy atom. The largest absolute Gasteiger partial charge is 0.268 e. The van der Waals surface area contributed by atoms with E-state index in [9.17, 15) is 8.42 Å². The number of aryl methyl sites for hydroxylation is 3. The maximum Gasteiger partial charge on any atom is 0.243 e. The number of benzene rings is 1. The maximum atomic E-state index is 13.3. The van der Waals surface area contributed by atoms with Crippen molar-refractivity contribution in [3.8, 4) is 11.3 Å². The Balaban J connectivity index is 1.46. The van der Waals surface area contributed by atoms with Crippen molar-refractivity contribution in [3.05, 3.63) is 65.6 Å². The van der Waals surface area contributed by atoms with Crippen LogP contribution < -0.4 is 0 Å². The van der Waals surface area contributed by atoms with Crippen molar-refractivity contribution >= 4 is 10.0 Å². The highest BCUT2D eigenvalue weighted by molar-refractivity contribution is 7.89. The zero-order valence-corrected chi connectivity index (χ0v) is 16.4. The van der Waals surface area contributed by atoms with E-state index in [-0.39, 0.29) is 0 Å². The molecule has 7 heteroatoms. The molecule has 0 N–H and O–H groups in total. The molecular formula is C21H22N4O2S. The molecule has 1 aliphatic heterocycles. The summed E-state index contributed by atoms with van der Waals surface area (Å²) in [5.74, 6) is 0. The predicted molar refractivity (Wildman–Crippen MR) is 106 cm³/mol. The zero-order chi connectivity index (χ0) is 19.1. The molecule has 144 valence electrons. The fourth-order valence-corrected chi connectivity index (χ4v) is 5.65. The number of aromatic nitrogens is 3. The number of hydrogen-bond acceptors (Lipinski definition) is 4. The molecule has 2 aliphatic rings. The van der Waals surface area contributed by atoms with E-state index in [1.54, 1.807) is 22.8 Å². The average Bonchev–Trinajstić information content (AvgIpc) is 3.29. The molecule has 0 spiro atoms. The van der Waals surface area contributed by atoms with Crippen LogP contribution in [-0.4, -0.2) is 34.0 Å². The first-order valence-electron chi connectivity index (χ1n) is 9.70. The van der Waals surface area contributed by atoms with Crippen LogP contribution in [0.15, 0.2) is 53.7 Å². The van der Waals surface area contributed by atoms with Crippen molar-refractivity contribution in [1.29, 1.82) is 0 Å². The second-order valence-corrected chi connectivity index (χ2v) is 9.40. The van der Waals surface area contributed by atoms with Gasteiger partial charge in [-0.05, 0) is 67.1 Å². The van der Waals surface area contributed by atoms with Gasteiger partial charge in [-0.3, -0.25) is 9.67 Å². The first-order valence-corrected chi connectivity index (χ1v) is 11.1. The summed E-state index contributed by atoms with van der Waals surface area (Å²) in [7, 11) is -3.53. The second kappa shape index (κ2) is 6.83. The summed E-state index contributed by atoms with van der Waals surface area (Å²) in [4.78, 5) is 4.56. The first-order chi connectivity index (χ1) is 13.6. The molecule has 6 nitrogen and oxygen atoms in total. The molecule has 28 heavy (non-hydrogen) atoms. The Morgan fingerprint density at radius 2 is 1.86 bits per heavy atom. The van der Waals surface area contributed by atoms with Crippen LogP contribution in [0, 0.1) is 0 Å². The van der Waals surface area contributed by atoms with Crippen LogP contribution in [0.3, 0.4) is 0 Å². The van der Waals surface area contributed by atoms with Crippen LogP contribution in [0.25, 0.3) is 11.3 Å². The summed E-state index contributed by atoms with van der Waals surface area (Å²) < 4.78 is 30.2. The van der Waals surface area contributed by atoms with E-state index in [0.29, 0.717) is 24.5 Å². The highest BCUT2D eigenvalue weighted by Crippen LogP contribution is 2.28. The van der Waals surface area contributed by atoms with E-state index in [1.165, 1.54) is 11.1 Å². The molecule has 0 fully saturated rings. The van der Waals surface area contributed by atoms with E-state index in [4.69, 9.17) is 0 Å². The predicted octanol–water partition coefficient (Wildman–Crippen LogP) is 3.03. The lowest BCUT2D eigenvalue weighted by Gasteiger charge is -2.20. The van der Waals surface area contributed by atoms with Gasteiger partial charge < -0.3 is 0 Å². The van der Waals surface area contributed by atoms with Crippen molar-refractivity contribution in [3.63, 3.8) is 0 Å². The minimum atomic E-state index is -3.53. The topological polar surface area (TPSA) is 68.1 Å². The molecule has 1 aliphatic carbocycles. The van der Waals surface area contributed by atoms with E-state index in [0.717, 1.165) is 42.6 Å². The van der Waals surface area contributed by atoms with E-state index in [1.807, 2.05) is 35.0 Å². The smallest absolute Gasteiger partial charge is 0.243 e. The van der Waals surface area contributed by atoms with E-state index >= 15 is 0 Å². The summed E-state index contributed by atoms with van der Waals surface area (Å²) >= 11 is 0. The Kier molecular flexibility index (Phi) is 4.29. The quantitative estimate of drug-likeness (QED) is 0.685. The molecule has 1 aromatic carbocycles. The Labute approximate surface area is 164 Å². The lowest BCUT2D eigenvalue weighted by molar-refractivity contribution is 0.410. The van der Waals surface area contributed by atoms with Gasteiger partial charge >= 0.3 is 0 Å². The molecule has 0 amide bonds. The molecule has 5 rings (SSSR count). The third-order valence-electron chi connectivity index (χ3n) is 5.64. The van der Waals surface area contributed by atoms with Crippen LogP contribution in [0.5, 0.6) is 0 Å². The van der Waals surface area contributed by atoms with Crippen molar-refractivity contribution < 1.29 is 8.42 Å². The highest BCUT2D eigenvalue weighted by atomic mass is 32.2. The minimum absolute atomic E-state index is 0.340. The van der Waals surface area contributed by atoms with Crippen LogP contribution in [-0.2, 0) is 36.0 Å². The van der Waals surface area contributed by atoms with Crippen LogP contribution in [0.4, 0.5) is 0 Å². The maximum absolute atomic E-state index is 13.3. The number of pyridine rings is 1. The fraction of sp³-hybridized carbons (Fsp3) is 0.333. The van der Waals surface area contributed by atoms with Gasteiger partial charge in [0.1, 0.15) is 0 Å². The molecule has 0 unspecified atom stereocenters. The zero-order valence-electron chi connectivity index (χ0n) is 15.6. The van der Waals surface area contributed by atoms with Crippen molar-refractivity contribution in [2.45, 2.75) is 43.7 Å². The molecule has 0 saturated carbocycles. The standard InChI is InChI=1S/C21H22N4O2S/c26-28(27,20-8-7-16-4-1-5-17(16)12-20)24-10-3-11-25-19(15-24)13-21(23-25)18-6-2-9-22-14-18/h2,6-9,12-14H,1,3-5,10-11,15H2. The Hall–Kier alpha value is -2.51. The highest BCUT2D eigenvalue weighted by Gasteiger charge is 2.29. The van der Waals surface area contributed by atoms with E-state index in [2.05, 4.69) is 10.1 Å². The molecule has 0 radical (unpaired) electrons. The van der Waals surface area contributed by atoms with Gasteiger partial charge in [0, 0.05) is 31.0 Å². The molecule has 2 aromatic heterocycles. The third kappa shape index (κ3) is 3.04. The molecular weight excluding hydrogens is 372 g/mol. The summed E-state index contributed by atoms with van der Waals surface area (Å²) in [6.07, 6.45) is 7.39. The third-order valence-corrected chi connectivity index (χ3v) is 7.49. The van der Waals surface area contributed by atoms with Gasteiger partial charge in [-0.2, -0.15) is 9.40 Å². The lowest BCUT2D eigenvalue weighted by atomic mass is 10.1. The summed E-state index contributed by atoms with van der Waals surface area (Å²) in [5.41, 5.74) is 5.16. The first kappa shape index (κ1) is 17.6. The van der Waals surface area contributed by atoms with Crippen molar-refractivity contribution in [2.24, 2.45) is 0 Å². The Bertz CT molecular complexity index is 1120. The van der Waals surface area contributed by atoms with Gasteiger partial charge in [0.25, 0.3) is 0 Å². The van der Waals surface area contributed by atoms with Crippen LogP contribution in [0.2, 0.25) is 0 Å². The van der Waals surface area contributed by atoms with Gasteiger partial charge in [0.05, 0.1) is 22.8 Å². The van der Waals surface area contributed by atoms with Crippen molar-refractivity contribution in [2.75, 3.05) is 6.54 Å². The normalized spacial score (nSPS) is 17.1. The number of rotatable bonds is 3. The lowest BCUT2D eigenvalue weighted by Crippen LogP contribution is -2.31. The van der Waals surface area contributed by atoms with Crippen LogP contribution in [0.1, 0.15) is 29.7 Å². The SMILES string of the molecule is O=S(=O)(c1ccc2c(c1)CCC2)N1CCCn2nc(-c3cccnc3)cc2C1. The molecule has 0 bridgehead atoms. The Morgan fingerprint density at radius 3 is 2.71 bits per heavy atom. The monoisotopic (exact) mass is 394 g/mol. The number of hydrogen-bond donors (Lipinski definition) is 0. The number of fused-ring (bicyclic) bond motifs is 2. The summed E-state index contributed by atoms with van der Waals surface area (Å²) in [5, 5.41) is 4.67. The number of nitrogens with zero attached hydrogens (tertiary/aromatic N) is 4. The second-order valence-electron chi connectivity index (χ2n) is 7.46. The van der Waals surface area contributed by atoms with E-state index < -0.39 is 10.0 Å². The fourth-order valence-electron chi connectivity index (χ4n) is 4.15. The van der Waals surface area contributed by atoms with Gasteiger partial charge in [0.15, 0.2) is 0 Å². The minimum Gasteiger partial charge on any atom is -0.268 e. The average molecular weight is 395 g/mol. The van der Waals surface area contributed by atoms with Gasteiger partial charge in [0.2, 0.25) is 10.0 Å². The molecule has 3 heterocycles. The number of sulfonamides is 1. The van der Waals surface area contributed by atoms with Crippen LogP contribution >= 0.6 is 0 Å².